The average molecular weight is 319 g/mol. The van der Waals surface area contributed by atoms with Gasteiger partial charge in [-0.15, -0.1) is 5.10 Å². The third kappa shape index (κ3) is 2.39. The van der Waals surface area contributed by atoms with Crippen molar-refractivity contribution in [2.75, 3.05) is 5.32 Å². The van der Waals surface area contributed by atoms with E-state index in [0.29, 0.717) is 11.3 Å². The number of hydrogen-bond acceptors (Lipinski definition) is 5. The molecule has 0 spiro atoms. The Bertz CT molecular complexity index is 1020. The SMILES string of the molecule is Cc1cc(NC(=O)c2cccc3cn[nH]c23)ccc1-n1cnnn1. The highest BCUT2D eigenvalue weighted by atomic mass is 16.1. The molecule has 0 unspecified atom stereocenters. The van der Waals surface area contributed by atoms with Gasteiger partial charge in [0.1, 0.15) is 6.33 Å². The van der Waals surface area contributed by atoms with Gasteiger partial charge in [-0.2, -0.15) is 5.10 Å². The lowest BCUT2D eigenvalue weighted by Crippen LogP contribution is -2.13. The molecule has 2 aromatic heterocycles. The van der Waals surface area contributed by atoms with Crippen LogP contribution in [-0.2, 0) is 0 Å². The van der Waals surface area contributed by atoms with Gasteiger partial charge in [0.15, 0.2) is 0 Å². The number of aryl methyl sites for hydroxylation is 1. The molecule has 2 aromatic carbocycles. The first kappa shape index (κ1) is 14.1. The summed E-state index contributed by atoms with van der Waals surface area (Å²) < 4.78 is 1.58. The minimum atomic E-state index is -0.195. The Morgan fingerprint density at radius 2 is 2.17 bits per heavy atom. The van der Waals surface area contributed by atoms with Crippen molar-refractivity contribution in [2.45, 2.75) is 6.92 Å². The lowest BCUT2D eigenvalue weighted by molar-refractivity contribution is 0.102. The molecule has 4 aromatic rings. The second-order valence-corrected chi connectivity index (χ2v) is 5.35. The van der Waals surface area contributed by atoms with Crippen LogP contribution in [0, 0.1) is 6.92 Å². The number of hydrogen-bond donors (Lipinski definition) is 2. The Morgan fingerprint density at radius 3 is 2.96 bits per heavy atom. The maximum Gasteiger partial charge on any atom is 0.257 e. The Hall–Kier alpha value is -3.55. The molecule has 0 atom stereocenters. The van der Waals surface area contributed by atoms with Crippen LogP contribution in [0.25, 0.3) is 16.6 Å². The summed E-state index contributed by atoms with van der Waals surface area (Å²) in [5, 5.41) is 21.8. The summed E-state index contributed by atoms with van der Waals surface area (Å²) in [5.74, 6) is -0.195. The van der Waals surface area contributed by atoms with Crippen LogP contribution in [0.4, 0.5) is 5.69 Å². The number of amides is 1. The van der Waals surface area contributed by atoms with Gasteiger partial charge >= 0.3 is 0 Å². The molecule has 0 saturated heterocycles. The molecule has 0 radical (unpaired) electrons. The van der Waals surface area contributed by atoms with Gasteiger partial charge in [0.05, 0.1) is 23.0 Å². The second-order valence-electron chi connectivity index (χ2n) is 5.35. The summed E-state index contributed by atoms with van der Waals surface area (Å²) in [6, 6.07) is 11.0. The summed E-state index contributed by atoms with van der Waals surface area (Å²) in [6.07, 6.45) is 3.22. The third-order valence-corrected chi connectivity index (χ3v) is 3.77. The molecular formula is C16H13N7O. The van der Waals surface area contributed by atoms with Crippen molar-refractivity contribution < 1.29 is 4.79 Å². The zero-order chi connectivity index (χ0) is 16.5. The molecule has 0 fully saturated rings. The first-order valence-corrected chi connectivity index (χ1v) is 7.30. The Balaban J connectivity index is 1.62. The van der Waals surface area contributed by atoms with Crippen LogP contribution in [0.5, 0.6) is 0 Å². The van der Waals surface area contributed by atoms with Crippen LogP contribution in [0.3, 0.4) is 0 Å². The second kappa shape index (κ2) is 5.58. The fraction of sp³-hybridized carbons (Fsp3) is 0.0625. The van der Waals surface area contributed by atoms with Gasteiger partial charge in [0.25, 0.3) is 5.91 Å². The minimum absolute atomic E-state index is 0.195. The number of anilines is 1. The van der Waals surface area contributed by atoms with Crippen molar-refractivity contribution in [2.24, 2.45) is 0 Å². The topological polar surface area (TPSA) is 101 Å². The Morgan fingerprint density at radius 1 is 1.25 bits per heavy atom. The fourth-order valence-corrected chi connectivity index (χ4v) is 2.62. The van der Waals surface area contributed by atoms with Gasteiger partial charge in [-0.05, 0) is 47.2 Å². The van der Waals surface area contributed by atoms with E-state index in [0.717, 1.165) is 22.2 Å². The number of H-pyrrole nitrogens is 1. The number of benzene rings is 2. The number of nitrogens with one attached hydrogen (secondary N) is 2. The number of fused-ring (bicyclic) bond motifs is 1. The van der Waals surface area contributed by atoms with Gasteiger partial charge < -0.3 is 5.32 Å². The number of tetrazole rings is 1. The van der Waals surface area contributed by atoms with E-state index in [1.54, 1.807) is 16.9 Å². The summed E-state index contributed by atoms with van der Waals surface area (Å²) in [6.45, 7) is 1.93. The molecule has 8 heteroatoms. The van der Waals surface area contributed by atoms with E-state index >= 15 is 0 Å². The molecule has 8 nitrogen and oxygen atoms in total. The normalized spacial score (nSPS) is 10.9. The predicted octanol–water partition coefficient (Wildman–Crippen LogP) is 2.10. The van der Waals surface area contributed by atoms with E-state index < -0.39 is 0 Å². The van der Waals surface area contributed by atoms with Gasteiger partial charge in [0, 0.05) is 11.1 Å². The van der Waals surface area contributed by atoms with Crippen LogP contribution in [0.15, 0.2) is 48.9 Å². The highest BCUT2D eigenvalue weighted by Crippen LogP contribution is 2.20. The Labute approximate surface area is 136 Å². The number of para-hydroxylation sites is 1. The fourth-order valence-electron chi connectivity index (χ4n) is 2.62. The van der Waals surface area contributed by atoms with Crippen LogP contribution in [0.2, 0.25) is 0 Å². The number of aromatic amines is 1. The van der Waals surface area contributed by atoms with Crippen LogP contribution >= 0.6 is 0 Å². The standard InChI is InChI=1S/C16H13N7O/c1-10-7-12(5-6-14(10)23-9-18-21-22-23)19-16(24)13-4-2-3-11-8-17-20-15(11)13/h2-9H,1H3,(H,17,20)(H,19,24). The zero-order valence-electron chi connectivity index (χ0n) is 12.8. The van der Waals surface area contributed by atoms with Gasteiger partial charge in [0.2, 0.25) is 0 Å². The number of nitrogens with zero attached hydrogens (tertiary/aromatic N) is 5. The van der Waals surface area contributed by atoms with E-state index in [4.69, 9.17) is 0 Å². The lowest BCUT2D eigenvalue weighted by Gasteiger charge is -2.09. The van der Waals surface area contributed by atoms with E-state index in [2.05, 4.69) is 31.0 Å². The summed E-state index contributed by atoms with van der Waals surface area (Å²) >= 11 is 0. The Kier molecular flexibility index (Phi) is 3.27. The molecular weight excluding hydrogens is 306 g/mol. The maximum atomic E-state index is 12.6. The first-order chi connectivity index (χ1) is 11.7. The number of carbonyl (C=O) groups is 1. The first-order valence-electron chi connectivity index (χ1n) is 7.30. The van der Waals surface area contributed by atoms with Crippen molar-refractivity contribution in [3.8, 4) is 5.69 Å². The monoisotopic (exact) mass is 319 g/mol. The number of aromatic nitrogens is 6. The third-order valence-electron chi connectivity index (χ3n) is 3.77. The van der Waals surface area contributed by atoms with Crippen molar-refractivity contribution in [1.29, 1.82) is 0 Å². The quantitative estimate of drug-likeness (QED) is 0.602. The summed E-state index contributed by atoms with van der Waals surface area (Å²) in [4.78, 5) is 12.6. The molecule has 2 N–H and O–H groups in total. The molecule has 0 bridgehead atoms. The number of carbonyl (C=O) groups excluding carboxylic acids is 1. The van der Waals surface area contributed by atoms with Crippen LogP contribution in [0.1, 0.15) is 15.9 Å². The van der Waals surface area contributed by atoms with Gasteiger partial charge in [-0.25, -0.2) is 4.68 Å². The van der Waals surface area contributed by atoms with Crippen molar-refractivity contribution in [3.63, 3.8) is 0 Å². The van der Waals surface area contributed by atoms with E-state index in [1.165, 1.54) is 6.33 Å². The maximum absolute atomic E-state index is 12.6. The van der Waals surface area contributed by atoms with E-state index in [9.17, 15) is 4.79 Å². The van der Waals surface area contributed by atoms with E-state index in [1.807, 2.05) is 37.3 Å². The highest BCUT2D eigenvalue weighted by Gasteiger charge is 2.12. The minimum Gasteiger partial charge on any atom is -0.322 e. The molecule has 0 aliphatic rings. The molecule has 1 amide bonds. The predicted molar refractivity (Wildman–Crippen MR) is 87.9 cm³/mol. The summed E-state index contributed by atoms with van der Waals surface area (Å²) in [5.41, 5.74) is 3.77. The number of rotatable bonds is 3. The largest absolute Gasteiger partial charge is 0.322 e. The van der Waals surface area contributed by atoms with Gasteiger partial charge in [-0.3, -0.25) is 9.89 Å². The summed E-state index contributed by atoms with van der Waals surface area (Å²) in [7, 11) is 0. The van der Waals surface area contributed by atoms with Crippen LogP contribution < -0.4 is 5.32 Å². The van der Waals surface area contributed by atoms with Crippen molar-refractivity contribution in [1.82, 2.24) is 30.4 Å². The average Bonchev–Trinajstić information content (AvgIpc) is 3.26. The molecule has 0 aliphatic heterocycles. The molecule has 2 heterocycles. The lowest BCUT2D eigenvalue weighted by atomic mass is 10.1. The zero-order valence-corrected chi connectivity index (χ0v) is 12.8. The molecule has 4 rings (SSSR count). The highest BCUT2D eigenvalue weighted by molar-refractivity contribution is 6.11. The molecule has 118 valence electrons. The van der Waals surface area contributed by atoms with E-state index in [-0.39, 0.29) is 5.91 Å². The van der Waals surface area contributed by atoms with Gasteiger partial charge in [-0.1, -0.05) is 12.1 Å². The van der Waals surface area contributed by atoms with Crippen LogP contribution in [-0.4, -0.2) is 36.3 Å². The molecule has 24 heavy (non-hydrogen) atoms. The molecule has 0 saturated carbocycles. The molecule has 0 aliphatic carbocycles. The smallest absolute Gasteiger partial charge is 0.257 e. The van der Waals surface area contributed by atoms with Crippen molar-refractivity contribution >= 4 is 22.5 Å². The van der Waals surface area contributed by atoms with Crippen molar-refractivity contribution in [3.05, 3.63) is 60.0 Å².